The first-order valence-electron chi connectivity index (χ1n) is 9.62. The average molecular weight is 417 g/mol. The quantitative estimate of drug-likeness (QED) is 0.496. The van der Waals surface area contributed by atoms with Gasteiger partial charge in [0.2, 0.25) is 0 Å². The Hall–Kier alpha value is -3.58. The summed E-state index contributed by atoms with van der Waals surface area (Å²) in [7, 11) is 0. The molecule has 0 spiro atoms. The van der Waals surface area contributed by atoms with Crippen molar-refractivity contribution in [3.8, 4) is 22.4 Å². The van der Waals surface area contributed by atoms with Crippen molar-refractivity contribution < 1.29 is 4.79 Å². The molecule has 0 unspecified atom stereocenters. The molecule has 6 nitrogen and oxygen atoms in total. The number of aromatic amines is 1. The molecule has 2 N–H and O–H groups in total. The lowest BCUT2D eigenvalue weighted by molar-refractivity contribution is 0.0949. The van der Waals surface area contributed by atoms with Gasteiger partial charge in [-0.2, -0.15) is 5.10 Å². The van der Waals surface area contributed by atoms with E-state index in [1.165, 1.54) is 0 Å². The Kier molecular flexibility index (Phi) is 5.81. The summed E-state index contributed by atoms with van der Waals surface area (Å²) in [6, 6.07) is 18.9. The molecule has 30 heavy (non-hydrogen) atoms. The molecular weight excluding hydrogens is 396 g/mol. The Labute approximate surface area is 177 Å². The molecule has 0 saturated carbocycles. The lowest BCUT2D eigenvalue weighted by Crippen LogP contribution is -2.31. The number of nitrogens with one attached hydrogen (secondary N) is 2. The van der Waals surface area contributed by atoms with Gasteiger partial charge < -0.3 is 5.32 Å². The third-order valence-electron chi connectivity index (χ3n) is 4.65. The van der Waals surface area contributed by atoms with Crippen LogP contribution in [-0.2, 0) is 13.0 Å². The largest absolute Gasteiger partial charge is 0.346 e. The minimum Gasteiger partial charge on any atom is -0.346 e. The molecule has 4 aromatic rings. The number of carbonyl (C=O) groups excluding carboxylic acids is 1. The predicted molar refractivity (Wildman–Crippen MR) is 118 cm³/mol. The van der Waals surface area contributed by atoms with Gasteiger partial charge in [-0.15, -0.1) is 11.3 Å². The highest BCUT2D eigenvalue weighted by atomic mass is 32.1. The maximum Gasteiger partial charge on any atom is 0.277 e. The maximum atomic E-state index is 13.1. The normalized spacial score (nSPS) is 10.7. The van der Waals surface area contributed by atoms with Crippen molar-refractivity contribution in [2.24, 2.45) is 0 Å². The molecule has 0 saturated heterocycles. The second-order valence-electron chi connectivity index (χ2n) is 6.65. The fraction of sp³-hybridized carbons (Fsp3) is 0.130. The van der Waals surface area contributed by atoms with Crippen LogP contribution in [-0.4, -0.2) is 21.1 Å². The van der Waals surface area contributed by atoms with E-state index in [9.17, 15) is 9.59 Å². The molecule has 0 aliphatic carbocycles. The number of H-pyrrole nitrogens is 1. The maximum absolute atomic E-state index is 13.1. The molecule has 0 aliphatic heterocycles. The highest BCUT2D eigenvalue weighted by Gasteiger charge is 2.23. The third-order valence-corrected chi connectivity index (χ3v) is 5.69. The molecule has 4 rings (SSSR count). The van der Waals surface area contributed by atoms with Crippen LogP contribution in [0.25, 0.3) is 22.4 Å². The van der Waals surface area contributed by atoms with Crippen LogP contribution in [0.2, 0.25) is 0 Å². The van der Waals surface area contributed by atoms with Crippen molar-refractivity contribution in [1.29, 1.82) is 0 Å². The fourth-order valence-electron chi connectivity index (χ4n) is 3.21. The number of hydrogen-bond donors (Lipinski definition) is 2. The van der Waals surface area contributed by atoms with Gasteiger partial charge in [0.15, 0.2) is 0 Å². The van der Waals surface area contributed by atoms with E-state index in [1.807, 2.05) is 73.0 Å². The van der Waals surface area contributed by atoms with Crippen molar-refractivity contribution in [3.63, 3.8) is 0 Å². The van der Waals surface area contributed by atoms with Gasteiger partial charge in [-0.25, -0.2) is 10.1 Å². The lowest BCUT2D eigenvalue weighted by Gasteiger charge is -2.13. The summed E-state index contributed by atoms with van der Waals surface area (Å²) in [5.41, 5.74) is 2.92. The molecule has 0 fully saturated rings. The van der Waals surface area contributed by atoms with Gasteiger partial charge in [-0.1, -0.05) is 67.6 Å². The summed E-state index contributed by atoms with van der Waals surface area (Å²) in [4.78, 5) is 30.3. The van der Waals surface area contributed by atoms with Gasteiger partial charge in [-0.05, 0) is 12.0 Å². The zero-order valence-electron chi connectivity index (χ0n) is 16.4. The third kappa shape index (κ3) is 4.06. The number of carbonyl (C=O) groups is 1. The minimum atomic E-state index is -0.529. The van der Waals surface area contributed by atoms with Crippen LogP contribution < -0.4 is 10.9 Å². The topological polar surface area (TPSA) is 87.7 Å². The minimum absolute atomic E-state index is 0.0426. The van der Waals surface area contributed by atoms with Crippen molar-refractivity contribution in [3.05, 3.63) is 92.7 Å². The van der Waals surface area contributed by atoms with Gasteiger partial charge >= 0.3 is 0 Å². The molecule has 1 amide bonds. The molecule has 2 aromatic heterocycles. The first kappa shape index (κ1) is 19.7. The summed E-state index contributed by atoms with van der Waals surface area (Å²) < 4.78 is 0. The molecular formula is C23H20N4O2S. The first-order chi connectivity index (χ1) is 14.7. The summed E-state index contributed by atoms with van der Waals surface area (Å²) in [6.07, 6.45) is 0.848. The first-order valence-corrected chi connectivity index (χ1v) is 10.5. The van der Waals surface area contributed by atoms with Gasteiger partial charge in [0.1, 0.15) is 5.56 Å². The van der Waals surface area contributed by atoms with Crippen LogP contribution in [0.1, 0.15) is 28.0 Å². The van der Waals surface area contributed by atoms with Crippen molar-refractivity contribution >= 4 is 17.2 Å². The monoisotopic (exact) mass is 416 g/mol. The number of nitrogens with zero attached hydrogens (tertiary/aromatic N) is 2. The average Bonchev–Trinajstić information content (AvgIpc) is 3.26. The van der Waals surface area contributed by atoms with E-state index < -0.39 is 11.5 Å². The number of aromatic nitrogens is 3. The zero-order chi connectivity index (χ0) is 20.9. The van der Waals surface area contributed by atoms with E-state index in [1.54, 1.807) is 11.3 Å². The SMILES string of the molecule is CCc1nc(CNC(=O)c2c(-c3ccccc3)c(-c3ccccc3)n[nH]c2=O)cs1. The van der Waals surface area contributed by atoms with Crippen LogP contribution in [0.15, 0.2) is 70.8 Å². The molecule has 2 aromatic carbocycles. The number of amides is 1. The molecule has 150 valence electrons. The number of benzene rings is 2. The summed E-state index contributed by atoms with van der Waals surface area (Å²) in [5.74, 6) is -0.458. The molecule has 0 aliphatic rings. The van der Waals surface area contributed by atoms with E-state index in [0.29, 0.717) is 11.3 Å². The summed E-state index contributed by atoms with van der Waals surface area (Å²) >= 11 is 1.56. The predicted octanol–water partition coefficient (Wildman–Crippen LogP) is 4.05. The Bertz CT molecular complexity index is 1220. The van der Waals surface area contributed by atoms with Crippen LogP contribution >= 0.6 is 11.3 Å². The van der Waals surface area contributed by atoms with Gasteiger partial charge in [0.25, 0.3) is 11.5 Å². The van der Waals surface area contributed by atoms with E-state index in [0.717, 1.165) is 28.2 Å². The number of hydrogen-bond acceptors (Lipinski definition) is 5. The Morgan fingerprint density at radius 3 is 2.33 bits per heavy atom. The van der Waals surface area contributed by atoms with E-state index in [-0.39, 0.29) is 12.1 Å². The van der Waals surface area contributed by atoms with E-state index in [2.05, 4.69) is 20.5 Å². The van der Waals surface area contributed by atoms with Crippen LogP contribution in [0, 0.1) is 0 Å². The molecule has 7 heteroatoms. The van der Waals surface area contributed by atoms with Gasteiger partial charge in [0, 0.05) is 16.5 Å². The smallest absolute Gasteiger partial charge is 0.277 e. The Morgan fingerprint density at radius 1 is 1.03 bits per heavy atom. The van der Waals surface area contributed by atoms with Crippen molar-refractivity contribution in [2.45, 2.75) is 19.9 Å². The molecule has 2 heterocycles. The standard InChI is InChI=1S/C23H20N4O2S/c1-2-18-25-17(14-30-18)13-24-22(28)20-19(15-9-5-3-6-10-15)21(26-27-23(20)29)16-11-7-4-8-12-16/h3-12,14H,2,13H2,1H3,(H,24,28)(H,27,29). The number of thiazole rings is 1. The van der Waals surface area contributed by atoms with E-state index >= 15 is 0 Å². The lowest BCUT2D eigenvalue weighted by atomic mass is 9.95. The van der Waals surface area contributed by atoms with Crippen molar-refractivity contribution in [2.75, 3.05) is 0 Å². The van der Waals surface area contributed by atoms with Crippen LogP contribution in [0.4, 0.5) is 0 Å². The number of aryl methyl sites for hydroxylation is 1. The van der Waals surface area contributed by atoms with Crippen LogP contribution in [0.5, 0.6) is 0 Å². The molecule has 0 radical (unpaired) electrons. The second-order valence-corrected chi connectivity index (χ2v) is 7.59. The summed E-state index contributed by atoms with van der Waals surface area (Å²) in [6.45, 7) is 2.29. The Morgan fingerprint density at radius 2 is 1.70 bits per heavy atom. The Balaban J connectivity index is 1.78. The fourth-order valence-corrected chi connectivity index (χ4v) is 3.95. The highest BCUT2D eigenvalue weighted by molar-refractivity contribution is 7.09. The summed E-state index contributed by atoms with van der Waals surface area (Å²) in [5, 5.41) is 12.5. The van der Waals surface area contributed by atoms with Gasteiger partial charge in [-0.3, -0.25) is 9.59 Å². The van der Waals surface area contributed by atoms with Crippen molar-refractivity contribution in [1.82, 2.24) is 20.5 Å². The molecule has 0 bridgehead atoms. The second kappa shape index (κ2) is 8.84. The molecule has 0 atom stereocenters. The number of rotatable bonds is 6. The van der Waals surface area contributed by atoms with E-state index in [4.69, 9.17) is 0 Å². The van der Waals surface area contributed by atoms with Crippen LogP contribution in [0.3, 0.4) is 0 Å². The highest BCUT2D eigenvalue weighted by Crippen LogP contribution is 2.31. The zero-order valence-corrected chi connectivity index (χ0v) is 17.2. The van der Waals surface area contributed by atoms with Gasteiger partial charge in [0.05, 0.1) is 22.9 Å².